The molecule has 1 heterocycles. The maximum Gasteiger partial charge on any atom is 0.521 e. The quantitative estimate of drug-likeness (QED) is 0.612. The van der Waals surface area contributed by atoms with Crippen LogP contribution >= 0.6 is 0 Å². The van der Waals surface area contributed by atoms with Crippen molar-refractivity contribution in [1.29, 1.82) is 0 Å². The van der Waals surface area contributed by atoms with Gasteiger partial charge in [-0.3, -0.25) is 0 Å². The molecule has 0 N–H and O–H groups in total. The molecule has 1 aromatic rings. The van der Waals surface area contributed by atoms with Gasteiger partial charge in [-0.25, -0.2) is 13.6 Å². The second kappa shape index (κ2) is 2.20. The van der Waals surface area contributed by atoms with E-state index >= 15 is 0 Å². The Hall–Kier alpha value is -1.20. The van der Waals surface area contributed by atoms with Gasteiger partial charge in [0.1, 0.15) is 0 Å². The van der Waals surface area contributed by atoms with Crippen LogP contribution < -0.4 is 5.82 Å². The lowest BCUT2D eigenvalue weighted by Crippen LogP contribution is -1.86. The Morgan fingerprint density at radius 2 is 1.90 bits per heavy atom. The molecular weight excluding hydrogens is 153 g/mol. The molecular formula is C4HF3O3. The molecule has 0 aliphatic heterocycles. The molecule has 0 spiro atoms. The summed E-state index contributed by atoms with van der Waals surface area (Å²) in [6, 6.07) is -1.67. The molecule has 1 aromatic heterocycles. The van der Waals surface area contributed by atoms with E-state index in [-0.39, 0.29) is 0 Å². The van der Waals surface area contributed by atoms with Crippen LogP contribution in [-0.2, 0) is 0 Å². The Balaban J connectivity index is 3.15. The van der Waals surface area contributed by atoms with Crippen molar-refractivity contribution in [1.82, 2.24) is 0 Å². The van der Waals surface area contributed by atoms with Crippen molar-refractivity contribution in [3.63, 3.8) is 0 Å². The largest absolute Gasteiger partial charge is 0.521 e. The Morgan fingerprint density at radius 1 is 1.30 bits per heavy atom. The molecule has 0 aliphatic carbocycles. The van der Waals surface area contributed by atoms with E-state index in [2.05, 4.69) is 8.83 Å². The Labute approximate surface area is 52.1 Å². The molecule has 0 atom stereocenters. The van der Waals surface area contributed by atoms with Gasteiger partial charge in [0.05, 0.1) is 0 Å². The van der Waals surface area contributed by atoms with Gasteiger partial charge in [0.15, 0.2) is 0 Å². The molecule has 56 valence electrons. The van der Waals surface area contributed by atoms with Crippen molar-refractivity contribution in [2.75, 3.05) is 0 Å². The zero-order valence-corrected chi connectivity index (χ0v) is 4.44. The van der Waals surface area contributed by atoms with Gasteiger partial charge < -0.3 is 8.83 Å². The number of alkyl halides is 2. The second-order valence-corrected chi connectivity index (χ2v) is 1.39. The standard InChI is InChI=1S/C4HF3O3/c5-2(6)1-3(7)10-4(8)9-1/h2H. The monoisotopic (exact) mass is 154 g/mol. The van der Waals surface area contributed by atoms with Gasteiger partial charge in [0.25, 0.3) is 0 Å². The van der Waals surface area contributed by atoms with Crippen molar-refractivity contribution >= 4 is 0 Å². The Kier molecular flexibility index (Phi) is 1.52. The van der Waals surface area contributed by atoms with Crippen molar-refractivity contribution in [2.45, 2.75) is 6.43 Å². The van der Waals surface area contributed by atoms with Crippen molar-refractivity contribution in [3.05, 3.63) is 22.4 Å². The highest BCUT2D eigenvalue weighted by Gasteiger charge is 2.21. The van der Waals surface area contributed by atoms with Gasteiger partial charge in [-0.05, 0) is 0 Å². The number of rotatable bonds is 1. The maximum absolute atomic E-state index is 11.9. The van der Waals surface area contributed by atoms with Crippen LogP contribution in [0.4, 0.5) is 13.2 Å². The molecule has 0 bridgehead atoms. The summed E-state index contributed by atoms with van der Waals surface area (Å²) in [5.74, 6) is -2.82. The van der Waals surface area contributed by atoms with E-state index in [9.17, 15) is 18.0 Å². The lowest BCUT2D eigenvalue weighted by atomic mass is 10.5. The number of hydrogen-bond donors (Lipinski definition) is 0. The lowest BCUT2D eigenvalue weighted by molar-refractivity contribution is 0.113. The van der Waals surface area contributed by atoms with Crippen molar-refractivity contribution in [3.8, 4) is 0 Å². The summed E-state index contributed by atoms with van der Waals surface area (Å²) in [4.78, 5) is 9.91. The lowest BCUT2D eigenvalue weighted by Gasteiger charge is -1.85. The summed E-state index contributed by atoms with van der Waals surface area (Å²) in [5, 5.41) is 0. The number of hydrogen-bond acceptors (Lipinski definition) is 3. The molecule has 0 saturated heterocycles. The first-order valence-electron chi connectivity index (χ1n) is 2.18. The normalized spacial score (nSPS) is 10.8. The van der Waals surface area contributed by atoms with Crippen LogP contribution in [0.5, 0.6) is 0 Å². The van der Waals surface area contributed by atoms with Crippen LogP contribution in [0.2, 0.25) is 0 Å². The third-order valence-electron chi connectivity index (χ3n) is 0.758. The fourth-order valence-corrected chi connectivity index (χ4v) is 0.405. The minimum absolute atomic E-state index is 1.36. The molecule has 10 heavy (non-hydrogen) atoms. The molecule has 1 rings (SSSR count). The Bertz CT molecular complexity index is 274. The van der Waals surface area contributed by atoms with Gasteiger partial charge in [0, 0.05) is 0 Å². The van der Waals surface area contributed by atoms with Crippen molar-refractivity contribution in [2.24, 2.45) is 0 Å². The molecule has 0 saturated carbocycles. The van der Waals surface area contributed by atoms with Crippen LogP contribution in [0.25, 0.3) is 0 Å². The first-order chi connectivity index (χ1) is 4.61. The van der Waals surface area contributed by atoms with Crippen LogP contribution in [0.15, 0.2) is 13.6 Å². The summed E-state index contributed by atoms with van der Waals surface area (Å²) in [6.45, 7) is 0. The minimum atomic E-state index is -3.16. The smallest absolute Gasteiger partial charge is 0.386 e. The fraction of sp³-hybridized carbons (Fsp3) is 0.250. The van der Waals surface area contributed by atoms with E-state index in [4.69, 9.17) is 0 Å². The average Bonchev–Trinajstić information content (AvgIpc) is 2.10. The van der Waals surface area contributed by atoms with Crippen LogP contribution in [-0.4, -0.2) is 0 Å². The molecule has 0 amide bonds. The highest BCUT2D eigenvalue weighted by atomic mass is 19.3. The predicted octanol–water partition coefficient (Wildman–Crippen LogP) is 1.31. The SMILES string of the molecule is O=c1oc(F)c(C(F)F)o1. The second-order valence-electron chi connectivity index (χ2n) is 1.39. The van der Waals surface area contributed by atoms with Gasteiger partial charge in [-0.15, -0.1) is 0 Å². The summed E-state index contributed by atoms with van der Waals surface area (Å²) in [7, 11) is 0. The van der Waals surface area contributed by atoms with Gasteiger partial charge >= 0.3 is 18.3 Å². The van der Waals surface area contributed by atoms with Gasteiger partial charge in [0.2, 0.25) is 5.76 Å². The minimum Gasteiger partial charge on any atom is -0.386 e. The van der Waals surface area contributed by atoms with Gasteiger partial charge in [-0.2, -0.15) is 4.39 Å². The predicted molar refractivity (Wildman–Crippen MR) is 22.2 cm³/mol. The van der Waals surface area contributed by atoms with Gasteiger partial charge in [-0.1, -0.05) is 0 Å². The van der Waals surface area contributed by atoms with Crippen LogP contribution in [0.3, 0.4) is 0 Å². The summed E-state index contributed by atoms with van der Waals surface area (Å²) in [6.07, 6.45) is -3.16. The summed E-state index contributed by atoms with van der Waals surface area (Å²) < 4.78 is 42.1. The molecule has 0 unspecified atom stereocenters. The molecule has 6 heteroatoms. The first-order valence-corrected chi connectivity index (χ1v) is 2.18. The van der Waals surface area contributed by atoms with Crippen molar-refractivity contribution < 1.29 is 22.0 Å². The van der Waals surface area contributed by atoms with Crippen LogP contribution in [0, 0.1) is 6.01 Å². The van der Waals surface area contributed by atoms with E-state index in [1.807, 2.05) is 0 Å². The molecule has 0 radical (unpaired) electrons. The zero-order valence-electron chi connectivity index (χ0n) is 4.44. The van der Waals surface area contributed by atoms with E-state index in [1.54, 1.807) is 0 Å². The zero-order chi connectivity index (χ0) is 7.72. The van der Waals surface area contributed by atoms with Crippen LogP contribution in [0.1, 0.15) is 12.2 Å². The molecule has 3 nitrogen and oxygen atoms in total. The first kappa shape index (κ1) is 6.91. The van der Waals surface area contributed by atoms with E-state index < -0.39 is 24.0 Å². The third kappa shape index (κ3) is 1.04. The highest BCUT2D eigenvalue weighted by Crippen LogP contribution is 2.19. The fourth-order valence-electron chi connectivity index (χ4n) is 0.405. The maximum atomic E-state index is 11.9. The topological polar surface area (TPSA) is 43.4 Å². The summed E-state index contributed by atoms with van der Waals surface area (Å²) in [5.41, 5.74) is 0. The van der Waals surface area contributed by atoms with E-state index in [0.717, 1.165) is 0 Å². The molecule has 0 fully saturated rings. The van der Waals surface area contributed by atoms with E-state index in [1.165, 1.54) is 0 Å². The Morgan fingerprint density at radius 3 is 2.10 bits per heavy atom. The molecule has 0 aliphatic rings. The molecule has 0 aromatic carbocycles. The average molecular weight is 154 g/mol. The number of halogens is 3. The third-order valence-corrected chi connectivity index (χ3v) is 0.758. The summed E-state index contributed by atoms with van der Waals surface area (Å²) >= 11 is 0. The highest BCUT2D eigenvalue weighted by molar-refractivity contribution is 4.89. The van der Waals surface area contributed by atoms with E-state index in [0.29, 0.717) is 0 Å².